The van der Waals surface area contributed by atoms with E-state index in [0.29, 0.717) is 6.47 Å². The molecule has 3 nitrogen and oxygen atoms in total. The van der Waals surface area contributed by atoms with E-state index in [0.717, 1.165) is 32.2 Å². The Labute approximate surface area is 112 Å². The molecule has 1 fully saturated rings. The van der Waals surface area contributed by atoms with Crippen molar-refractivity contribution in [1.82, 2.24) is 4.90 Å². The summed E-state index contributed by atoms with van der Waals surface area (Å²) in [6.45, 7) is 3.97. The molecule has 0 saturated carbocycles. The van der Waals surface area contributed by atoms with E-state index in [1.54, 1.807) is 4.88 Å². The first-order chi connectivity index (χ1) is 8.73. The summed E-state index contributed by atoms with van der Waals surface area (Å²) < 4.78 is 5.25. The lowest BCUT2D eigenvalue weighted by Crippen LogP contribution is -2.52. The minimum Gasteiger partial charge on any atom is -0.449 e. The monoisotopic (exact) mass is 265 g/mol. The first kappa shape index (κ1) is 12.2. The Hall–Kier alpha value is -0.870. The second-order valence-electron chi connectivity index (χ2n) is 5.57. The fourth-order valence-electron chi connectivity index (χ4n) is 3.43. The number of rotatable bonds is 3. The Morgan fingerprint density at radius 3 is 3.33 bits per heavy atom. The maximum absolute atomic E-state index is 10.6. The number of ether oxygens (including phenoxy) is 1. The third-order valence-electron chi connectivity index (χ3n) is 4.40. The van der Waals surface area contributed by atoms with Gasteiger partial charge < -0.3 is 4.74 Å². The van der Waals surface area contributed by atoms with Crippen molar-refractivity contribution in [2.75, 3.05) is 6.54 Å². The van der Waals surface area contributed by atoms with Crippen LogP contribution in [0, 0.1) is 0 Å². The summed E-state index contributed by atoms with van der Waals surface area (Å²) in [7, 11) is 0. The third-order valence-corrected chi connectivity index (χ3v) is 5.43. The van der Waals surface area contributed by atoms with Crippen molar-refractivity contribution in [3.63, 3.8) is 0 Å². The van der Waals surface area contributed by atoms with Crippen LogP contribution >= 0.6 is 11.3 Å². The van der Waals surface area contributed by atoms with Crippen LogP contribution in [0.25, 0.3) is 0 Å². The van der Waals surface area contributed by atoms with Gasteiger partial charge in [-0.3, -0.25) is 9.69 Å². The lowest BCUT2D eigenvalue weighted by molar-refractivity contribution is -0.146. The number of fused-ring (bicyclic) bond motifs is 1. The Morgan fingerprint density at radius 1 is 1.61 bits per heavy atom. The van der Waals surface area contributed by atoms with Gasteiger partial charge in [-0.2, -0.15) is 0 Å². The Morgan fingerprint density at radius 2 is 2.50 bits per heavy atom. The van der Waals surface area contributed by atoms with Gasteiger partial charge in [0.15, 0.2) is 6.23 Å². The van der Waals surface area contributed by atoms with E-state index in [9.17, 15) is 4.79 Å². The summed E-state index contributed by atoms with van der Waals surface area (Å²) >= 11 is 1.87. The molecule has 1 aromatic rings. The van der Waals surface area contributed by atoms with E-state index < -0.39 is 0 Å². The predicted octanol–water partition coefficient (Wildman–Crippen LogP) is 2.59. The summed E-state index contributed by atoms with van der Waals surface area (Å²) in [6.07, 6.45) is 5.51. The van der Waals surface area contributed by atoms with Crippen LogP contribution in [0.15, 0.2) is 11.4 Å². The molecule has 0 spiro atoms. The molecule has 1 aromatic heterocycles. The maximum atomic E-state index is 10.6. The molecule has 18 heavy (non-hydrogen) atoms. The molecule has 1 aliphatic heterocycles. The predicted molar refractivity (Wildman–Crippen MR) is 71.6 cm³/mol. The molecule has 1 saturated heterocycles. The third kappa shape index (κ3) is 1.97. The molecule has 0 N–H and O–H groups in total. The van der Waals surface area contributed by atoms with E-state index in [-0.39, 0.29) is 11.8 Å². The van der Waals surface area contributed by atoms with Crippen molar-refractivity contribution in [1.29, 1.82) is 0 Å². The van der Waals surface area contributed by atoms with Gasteiger partial charge in [0.2, 0.25) is 0 Å². The van der Waals surface area contributed by atoms with Crippen molar-refractivity contribution in [3.8, 4) is 0 Å². The molecule has 98 valence electrons. The Bertz CT molecular complexity index is 445. The summed E-state index contributed by atoms with van der Waals surface area (Å²) in [6, 6.07) is 2.25. The van der Waals surface area contributed by atoms with Gasteiger partial charge in [-0.1, -0.05) is 0 Å². The van der Waals surface area contributed by atoms with Crippen LogP contribution in [0.1, 0.15) is 36.6 Å². The highest BCUT2D eigenvalue weighted by atomic mass is 32.1. The van der Waals surface area contributed by atoms with Gasteiger partial charge in [-0.05, 0) is 56.0 Å². The van der Waals surface area contributed by atoms with Crippen LogP contribution in [-0.2, 0) is 22.4 Å². The van der Waals surface area contributed by atoms with Crippen molar-refractivity contribution in [3.05, 3.63) is 21.9 Å². The van der Waals surface area contributed by atoms with Gasteiger partial charge in [-0.15, -0.1) is 11.3 Å². The zero-order chi connectivity index (χ0) is 12.6. The molecule has 0 radical (unpaired) electrons. The summed E-state index contributed by atoms with van der Waals surface area (Å²) in [5, 5.41) is 2.19. The van der Waals surface area contributed by atoms with E-state index in [4.69, 9.17) is 4.74 Å². The molecule has 3 rings (SSSR count). The Balaban J connectivity index is 1.81. The van der Waals surface area contributed by atoms with Crippen LogP contribution < -0.4 is 0 Å². The van der Waals surface area contributed by atoms with Crippen molar-refractivity contribution in [2.24, 2.45) is 0 Å². The van der Waals surface area contributed by atoms with Gasteiger partial charge >= 0.3 is 0 Å². The number of carbonyl (C=O) groups excluding carboxylic acids is 1. The highest BCUT2D eigenvalue weighted by Crippen LogP contribution is 2.39. The maximum Gasteiger partial charge on any atom is 0.294 e. The number of carbonyl (C=O) groups is 1. The SMILES string of the molecule is CC1(N2CCCC2OC=O)CCc2sccc2C1. The summed E-state index contributed by atoms with van der Waals surface area (Å²) in [5.41, 5.74) is 1.64. The largest absolute Gasteiger partial charge is 0.449 e. The molecule has 2 heterocycles. The van der Waals surface area contributed by atoms with Crippen LogP contribution in [0.2, 0.25) is 0 Å². The molecule has 1 aliphatic carbocycles. The number of likely N-dealkylation sites (tertiary alicyclic amines) is 1. The van der Waals surface area contributed by atoms with Gasteiger partial charge in [0.25, 0.3) is 6.47 Å². The highest BCUT2D eigenvalue weighted by Gasteiger charge is 2.42. The van der Waals surface area contributed by atoms with Crippen LogP contribution in [0.3, 0.4) is 0 Å². The van der Waals surface area contributed by atoms with Gasteiger partial charge in [0, 0.05) is 17.0 Å². The summed E-state index contributed by atoms with van der Waals surface area (Å²) in [5.74, 6) is 0. The standard InChI is InChI=1S/C14H19NO2S/c1-14(15-7-2-3-13(15)17-10-16)6-4-12-11(9-14)5-8-18-12/h5,8,10,13H,2-4,6-7,9H2,1H3. The molecule has 0 amide bonds. The average Bonchev–Trinajstić information content (AvgIpc) is 2.97. The van der Waals surface area contributed by atoms with E-state index in [2.05, 4.69) is 23.3 Å². The second-order valence-corrected chi connectivity index (χ2v) is 6.57. The zero-order valence-corrected chi connectivity index (χ0v) is 11.5. The van der Waals surface area contributed by atoms with Gasteiger partial charge in [-0.25, -0.2) is 0 Å². The molecule has 0 bridgehead atoms. The molecule has 2 unspecified atom stereocenters. The topological polar surface area (TPSA) is 29.5 Å². The quantitative estimate of drug-likeness (QED) is 0.787. The number of hydrogen-bond acceptors (Lipinski definition) is 4. The molecule has 0 aromatic carbocycles. The minimum atomic E-state index is -0.00677. The minimum absolute atomic E-state index is 0.00677. The number of thiophene rings is 1. The number of hydrogen-bond donors (Lipinski definition) is 0. The van der Waals surface area contributed by atoms with Gasteiger partial charge in [0.1, 0.15) is 0 Å². The van der Waals surface area contributed by atoms with Crippen LogP contribution in [0.4, 0.5) is 0 Å². The van der Waals surface area contributed by atoms with E-state index >= 15 is 0 Å². The van der Waals surface area contributed by atoms with Crippen molar-refractivity contribution < 1.29 is 9.53 Å². The normalized spacial score (nSPS) is 32.2. The molecule has 2 aliphatic rings. The fraction of sp³-hybridized carbons (Fsp3) is 0.643. The number of nitrogens with zero attached hydrogens (tertiary/aromatic N) is 1. The van der Waals surface area contributed by atoms with Crippen molar-refractivity contribution in [2.45, 2.75) is 50.8 Å². The lowest BCUT2D eigenvalue weighted by atomic mass is 9.81. The Kier molecular flexibility index (Phi) is 3.16. The molecule has 4 heteroatoms. The lowest BCUT2D eigenvalue weighted by Gasteiger charge is -2.44. The summed E-state index contributed by atoms with van der Waals surface area (Å²) in [4.78, 5) is 14.5. The van der Waals surface area contributed by atoms with E-state index in [1.807, 2.05) is 11.3 Å². The molecule has 2 atom stereocenters. The zero-order valence-electron chi connectivity index (χ0n) is 10.7. The van der Waals surface area contributed by atoms with Crippen LogP contribution in [0.5, 0.6) is 0 Å². The van der Waals surface area contributed by atoms with Crippen molar-refractivity contribution >= 4 is 17.8 Å². The van der Waals surface area contributed by atoms with E-state index in [1.165, 1.54) is 12.0 Å². The first-order valence-electron chi connectivity index (χ1n) is 6.64. The first-order valence-corrected chi connectivity index (χ1v) is 7.52. The molecular formula is C14H19NO2S. The fourth-order valence-corrected chi connectivity index (χ4v) is 4.34. The molecular weight excluding hydrogens is 246 g/mol. The van der Waals surface area contributed by atoms with Crippen LogP contribution in [-0.4, -0.2) is 29.7 Å². The average molecular weight is 265 g/mol. The number of aryl methyl sites for hydroxylation is 1. The van der Waals surface area contributed by atoms with Gasteiger partial charge in [0.05, 0.1) is 0 Å². The highest BCUT2D eigenvalue weighted by molar-refractivity contribution is 7.10. The second kappa shape index (κ2) is 4.67. The smallest absolute Gasteiger partial charge is 0.294 e.